The number of nitrogens with zero attached hydrogens (tertiary/aromatic N) is 5. The topological polar surface area (TPSA) is 74.5 Å². The molecule has 0 aliphatic rings. The summed E-state index contributed by atoms with van der Waals surface area (Å²) in [5.74, 6) is -1.04. The molecular formula is C12H23N5O2. The first kappa shape index (κ1) is 15.6. The predicted octanol–water partition coefficient (Wildman–Crippen LogP) is 0.250. The summed E-state index contributed by atoms with van der Waals surface area (Å²) in [7, 11) is 4.14. The summed E-state index contributed by atoms with van der Waals surface area (Å²) in [5.41, 5.74) is -0.00402. The first-order valence-corrected chi connectivity index (χ1v) is 6.53. The van der Waals surface area contributed by atoms with Crippen molar-refractivity contribution in [1.29, 1.82) is 0 Å². The largest absolute Gasteiger partial charge is 0.476 e. The van der Waals surface area contributed by atoms with Gasteiger partial charge in [-0.2, -0.15) is 0 Å². The van der Waals surface area contributed by atoms with Crippen molar-refractivity contribution in [2.24, 2.45) is 0 Å². The monoisotopic (exact) mass is 269 g/mol. The van der Waals surface area contributed by atoms with E-state index in [0.717, 1.165) is 32.6 Å². The van der Waals surface area contributed by atoms with E-state index < -0.39 is 5.97 Å². The molecule has 1 heterocycles. The smallest absolute Gasteiger partial charge is 0.358 e. The van der Waals surface area contributed by atoms with Gasteiger partial charge in [-0.1, -0.05) is 12.1 Å². The van der Waals surface area contributed by atoms with Crippen molar-refractivity contribution < 1.29 is 9.90 Å². The minimum atomic E-state index is -1.04. The zero-order valence-corrected chi connectivity index (χ0v) is 11.9. The summed E-state index contributed by atoms with van der Waals surface area (Å²) in [6.07, 6.45) is 2.59. The van der Waals surface area contributed by atoms with Gasteiger partial charge in [-0.05, 0) is 40.2 Å². The van der Waals surface area contributed by atoms with Crippen LogP contribution in [0, 0.1) is 0 Å². The lowest BCUT2D eigenvalue weighted by Crippen LogP contribution is -2.30. The lowest BCUT2D eigenvalue weighted by Gasteiger charge is -2.21. The van der Waals surface area contributed by atoms with Gasteiger partial charge >= 0.3 is 5.97 Å². The molecule has 0 fully saturated rings. The molecule has 0 amide bonds. The molecule has 1 aromatic heterocycles. The molecular weight excluding hydrogens is 246 g/mol. The average molecular weight is 269 g/mol. The lowest BCUT2D eigenvalue weighted by atomic mass is 10.3. The maximum absolute atomic E-state index is 10.7. The van der Waals surface area contributed by atoms with Gasteiger partial charge in [0.2, 0.25) is 0 Å². The van der Waals surface area contributed by atoms with E-state index in [-0.39, 0.29) is 5.69 Å². The van der Waals surface area contributed by atoms with E-state index >= 15 is 0 Å². The molecule has 1 rings (SSSR count). The van der Waals surface area contributed by atoms with Gasteiger partial charge in [-0.15, -0.1) is 5.10 Å². The van der Waals surface area contributed by atoms with Crippen LogP contribution in [0.25, 0.3) is 0 Å². The second-order valence-corrected chi connectivity index (χ2v) is 4.76. The Morgan fingerprint density at radius 1 is 1.37 bits per heavy atom. The molecule has 7 nitrogen and oxygen atoms in total. The summed E-state index contributed by atoms with van der Waals surface area (Å²) in [6.45, 7) is 6.73. The molecule has 0 aliphatic heterocycles. The standard InChI is InChI=1S/C12H23N5O2/c1-4-16(7-5-6-15(2)3)8-9-17-10-11(12(18)19)13-14-17/h10H,4-9H2,1-3H3,(H,18,19). The molecule has 0 radical (unpaired) electrons. The van der Waals surface area contributed by atoms with Crippen LogP contribution in [-0.4, -0.2) is 76.1 Å². The number of aromatic carboxylic acids is 1. The van der Waals surface area contributed by atoms with E-state index in [4.69, 9.17) is 5.11 Å². The normalized spacial score (nSPS) is 11.4. The van der Waals surface area contributed by atoms with Gasteiger partial charge in [0, 0.05) is 6.54 Å². The first-order chi connectivity index (χ1) is 9.02. The van der Waals surface area contributed by atoms with Gasteiger partial charge in [-0.3, -0.25) is 4.68 Å². The molecule has 19 heavy (non-hydrogen) atoms. The molecule has 0 saturated heterocycles. The number of carboxylic acid groups (broad SMARTS) is 1. The molecule has 1 N–H and O–H groups in total. The van der Waals surface area contributed by atoms with Crippen molar-refractivity contribution in [3.63, 3.8) is 0 Å². The van der Waals surface area contributed by atoms with E-state index in [1.165, 1.54) is 6.20 Å². The van der Waals surface area contributed by atoms with Gasteiger partial charge in [0.1, 0.15) is 0 Å². The Morgan fingerprint density at radius 2 is 2.11 bits per heavy atom. The zero-order valence-electron chi connectivity index (χ0n) is 11.9. The summed E-state index contributed by atoms with van der Waals surface area (Å²) in [6, 6.07) is 0. The van der Waals surface area contributed by atoms with Crippen LogP contribution in [0.1, 0.15) is 23.8 Å². The summed E-state index contributed by atoms with van der Waals surface area (Å²) < 4.78 is 1.58. The highest BCUT2D eigenvalue weighted by Gasteiger charge is 2.09. The fraction of sp³-hybridized carbons (Fsp3) is 0.750. The minimum absolute atomic E-state index is 0.00402. The Bertz CT molecular complexity index is 391. The van der Waals surface area contributed by atoms with E-state index in [2.05, 4.69) is 41.1 Å². The second-order valence-electron chi connectivity index (χ2n) is 4.76. The van der Waals surface area contributed by atoms with E-state index in [1.807, 2.05) is 0 Å². The van der Waals surface area contributed by atoms with Gasteiger partial charge in [0.05, 0.1) is 12.7 Å². The van der Waals surface area contributed by atoms with Crippen molar-refractivity contribution >= 4 is 5.97 Å². The molecule has 7 heteroatoms. The Balaban J connectivity index is 2.33. The number of rotatable bonds is 9. The van der Waals surface area contributed by atoms with Crippen LogP contribution < -0.4 is 0 Å². The van der Waals surface area contributed by atoms with Crippen LogP contribution in [0.3, 0.4) is 0 Å². The number of likely N-dealkylation sites (N-methyl/N-ethyl adjacent to an activating group) is 1. The third-order valence-corrected chi connectivity index (χ3v) is 2.93. The Kier molecular flexibility index (Phi) is 6.44. The maximum atomic E-state index is 10.7. The quantitative estimate of drug-likeness (QED) is 0.692. The molecule has 1 aromatic rings. The van der Waals surface area contributed by atoms with Crippen LogP contribution in [0.5, 0.6) is 0 Å². The highest BCUT2D eigenvalue weighted by Crippen LogP contribution is 1.96. The summed E-state index contributed by atoms with van der Waals surface area (Å²) in [4.78, 5) is 15.2. The third-order valence-electron chi connectivity index (χ3n) is 2.93. The van der Waals surface area contributed by atoms with Crippen molar-refractivity contribution in [3.05, 3.63) is 11.9 Å². The number of hydrogen-bond donors (Lipinski definition) is 1. The van der Waals surface area contributed by atoms with Crippen LogP contribution in [0.4, 0.5) is 0 Å². The van der Waals surface area contributed by atoms with Gasteiger partial charge in [-0.25, -0.2) is 4.79 Å². The fourth-order valence-electron chi connectivity index (χ4n) is 1.79. The number of hydrogen-bond acceptors (Lipinski definition) is 5. The second kappa shape index (κ2) is 7.85. The molecule has 108 valence electrons. The van der Waals surface area contributed by atoms with Crippen molar-refractivity contribution in [1.82, 2.24) is 24.8 Å². The molecule has 0 bridgehead atoms. The van der Waals surface area contributed by atoms with Crippen molar-refractivity contribution in [2.75, 3.05) is 40.3 Å². The van der Waals surface area contributed by atoms with Crippen LogP contribution >= 0.6 is 0 Å². The van der Waals surface area contributed by atoms with Gasteiger partial charge in [0.15, 0.2) is 5.69 Å². The Hall–Kier alpha value is -1.47. The fourth-order valence-corrected chi connectivity index (χ4v) is 1.79. The summed E-state index contributed by atoms with van der Waals surface area (Å²) >= 11 is 0. The lowest BCUT2D eigenvalue weighted by molar-refractivity contribution is 0.0690. The molecule has 0 saturated carbocycles. The van der Waals surface area contributed by atoms with Crippen molar-refractivity contribution in [2.45, 2.75) is 19.9 Å². The zero-order chi connectivity index (χ0) is 14.3. The predicted molar refractivity (Wildman–Crippen MR) is 72.3 cm³/mol. The molecule has 0 aliphatic carbocycles. The van der Waals surface area contributed by atoms with E-state index in [9.17, 15) is 4.79 Å². The van der Waals surface area contributed by atoms with E-state index in [0.29, 0.717) is 6.54 Å². The van der Waals surface area contributed by atoms with Crippen molar-refractivity contribution in [3.8, 4) is 0 Å². The van der Waals surface area contributed by atoms with Crippen LogP contribution in [0.15, 0.2) is 6.20 Å². The van der Waals surface area contributed by atoms with Crippen LogP contribution in [0.2, 0.25) is 0 Å². The molecule has 0 aromatic carbocycles. The van der Waals surface area contributed by atoms with Gasteiger partial charge < -0.3 is 14.9 Å². The number of aromatic nitrogens is 3. The number of carbonyl (C=O) groups is 1. The number of carboxylic acids is 1. The first-order valence-electron chi connectivity index (χ1n) is 6.53. The third kappa shape index (κ3) is 5.80. The highest BCUT2D eigenvalue weighted by atomic mass is 16.4. The maximum Gasteiger partial charge on any atom is 0.358 e. The van der Waals surface area contributed by atoms with Gasteiger partial charge in [0.25, 0.3) is 0 Å². The van der Waals surface area contributed by atoms with E-state index in [1.54, 1.807) is 4.68 Å². The van der Waals surface area contributed by atoms with Crippen LogP contribution in [-0.2, 0) is 6.54 Å². The molecule has 0 unspecified atom stereocenters. The molecule has 0 atom stereocenters. The SMILES string of the molecule is CCN(CCCN(C)C)CCn1cc(C(=O)O)nn1. The summed E-state index contributed by atoms with van der Waals surface area (Å²) in [5, 5.41) is 16.2. The Labute approximate surface area is 113 Å². The highest BCUT2D eigenvalue weighted by molar-refractivity contribution is 5.84. The minimum Gasteiger partial charge on any atom is -0.476 e. The molecule has 0 spiro atoms. The average Bonchev–Trinajstić information content (AvgIpc) is 2.82. The Morgan fingerprint density at radius 3 is 2.63 bits per heavy atom.